The van der Waals surface area contributed by atoms with Crippen molar-refractivity contribution in [3.05, 3.63) is 34.3 Å². The van der Waals surface area contributed by atoms with Crippen molar-refractivity contribution >= 4 is 11.1 Å². The summed E-state index contributed by atoms with van der Waals surface area (Å²) in [5.41, 5.74) is 2.74. The Balaban J connectivity index is 2.25. The fourth-order valence-electron chi connectivity index (χ4n) is 2.35. The average Bonchev–Trinajstić information content (AvgIpc) is 2.83. The van der Waals surface area contributed by atoms with Gasteiger partial charge in [-0.15, -0.1) is 0 Å². The minimum atomic E-state index is -0.241. The van der Waals surface area contributed by atoms with E-state index < -0.39 is 0 Å². The maximum atomic E-state index is 11.8. The maximum absolute atomic E-state index is 11.8. The first-order chi connectivity index (χ1) is 7.75. The molecule has 1 aromatic heterocycles. The molecule has 1 atom stereocenters. The van der Waals surface area contributed by atoms with Gasteiger partial charge in [0.25, 0.3) is 0 Å². The van der Waals surface area contributed by atoms with Gasteiger partial charge in [0.2, 0.25) is 0 Å². The number of fused-ring (bicyclic) bond motifs is 1. The summed E-state index contributed by atoms with van der Waals surface area (Å²) >= 11 is 0. The molecule has 16 heavy (non-hydrogen) atoms. The highest BCUT2D eigenvalue weighted by atomic mass is 16.4. The zero-order chi connectivity index (χ0) is 11.1. The summed E-state index contributed by atoms with van der Waals surface area (Å²) in [5, 5.41) is 3.27. The maximum Gasteiger partial charge on any atom is 0.420 e. The van der Waals surface area contributed by atoms with Crippen molar-refractivity contribution in [2.45, 2.75) is 19.4 Å². The van der Waals surface area contributed by atoms with Crippen molar-refractivity contribution in [1.82, 2.24) is 9.88 Å². The number of rotatable bonds is 1. The van der Waals surface area contributed by atoms with E-state index in [2.05, 4.69) is 5.32 Å². The number of nitrogens with one attached hydrogen (secondary N) is 1. The lowest BCUT2D eigenvalue weighted by Crippen LogP contribution is -2.22. The van der Waals surface area contributed by atoms with Gasteiger partial charge in [0, 0.05) is 6.54 Å². The first kappa shape index (κ1) is 9.66. The van der Waals surface area contributed by atoms with Crippen LogP contribution in [0.25, 0.3) is 11.1 Å². The first-order valence-electron chi connectivity index (χ1n) is 5.58. The summed E-state index contributed by atoms with van der Waals surface area (Å²) in [6.07, 6.45) is 0.989. The van der Waals surface area contributed by atoms with Gasteiger partial charge in [-0.1, -0.05) is 6.07 Å². The van der Waals surface area contributed by atoms with Gasteiger partial charge in [0.1, 0.15) is 0 Å². The molecule has 1 saturated heterocycles. The predicted molar refractivity (Wildman–Crippen MR) is 61.7 cm³/mol. The van der Waals surface area contributed by atoms with Gasteiger partial charge in [-0.25, -0.2) is 4.79 Å². The Morgan fingerprint density at radius 3 is 3.12 bits per heavy atom. The third-order valence-electron chi connectivity index (χ3n) is 3.17. The van der Waals surface area contributed by atoms with E-state index in [9.17, 15) is 4.79 Å². The Morgan fingerprint density at radius 1 is 1.50 bits per heavy atom. The molecule has 2 aromatic rings. The summed E-state index contributed by atoms with van der Waals surface area (Å²) in [5.74, 6) is -0.241. The van der Waals surface area contributed by atoms with Crippen LogP contribution >= 0.6 is 0 Å². The van der Waals surface area contributed by atoms with Crippen molar-refractivity contribution in [1.29, 1.82) is 0 Å². The number of benzene rings is 1. The molecule has 1 aromatic carbocycles. The quantitative estimate of drug-likeness (QED) is 0.787. The van der Waals surface area contributed by atoms with Crippen LogP contribution in [0.4, 0.5) is 0 Å². The Morgan fingerprint density at radius 2 is 2.38 bits per heavy atom. The molecule has 0 bridgehead atoms. The molecule has 1 unspecified atom stereocenters. The van der Waals surface area contributed by atoms with Crippen LogP contribution in [0.3, 0.4) is 0 Å². The average molecular weight is 218 g/mol. The fraction of sp³-hybridized carbons (Fsp3) is 0.417. The summed E-state index contributed by atoms with van der Waals surface area (Å²) in [6.45, 7) is 3.84. The zero-order valence-corrected chi connectivity index (χ0v) is 9.19. The van der Waals surface area contributed by atoms with Gasteiger partial charge in [-0.3, -0.25) is 4.57 Å². The van der Waals surface area contributed by atoms with Crippen LogP contribution in [-0.2, 0) is 0 Å². The minimum Gasteiger partial charge on any atom is -0.408 e. The lowest BCUT2D eigenvalue weighted by Gasteiger charge is -2.09. The van der Waals surface area contributed by atoms with Crippen molar-refractivity contribution in [3.63, 3.8) is 0 Å². The highest BCUT2D eigenvalue weighted by Gasteiger charge is 2.21. The SMILES string of the molecule is Cc1ccc2oc(=O)n(C3CCNC3)c2c1. The van der Waals surface area contributed by atoms with E-state index in [0.717, 1.165) is 30.6 Å². The summed E-state index contributed by atoms with van der Waals surface area (Å²) in [4.78, 5) is 11.8. The molecule has 4 heteroatoms. The fourth-order valence-corrected chi connectivity index (χ4v) is 2.35. The van der Waals surface area contributed by atoms with Gasteiger partial charge < -0.3 is 9.73 Å². The molecule has 84 valence electrons. The third kappa shape index (κ3) is 1.38. The largest absolute Gasteiger partial charge is 0.420 e. The van der Waals surface area contributed by atoms with Crippen LogP contribution in [0.1, 0.15) is 18.0 Å². The van der Waals surface area contributed by atoms with E-state index in [1.54, 1.807) is 4.57 Å². The lowest BCUT2D eigenvalue weighted by atomic mass is 10.2. The van der Waals surface area contributed by atoms with E-state index in [0.29, 0.717) is 5.58 Å². The Kier molecular flexibility index (Phi) is 2.11. The topological polar surface area (TPSA) is 47.2 Å². The molecule has 0 radical (unpaired) electrons. The highest BCUT2D eigenvalue weighted by molar-refractivity contribution is 5.73. The number of nitrogens with zero attached hydrogens (tertiary/aromatic N) is 1. The molecule has 0 amide bonds. The van der Waals surface area contributed by atoms with Crippen LogP contribution in [0.15, 0.2) is 27.4 Å². The third-order valence-corrected chi connectivity index (χ3v) is 3.17. The smallest absolute Gasteiger partial charge is 0.408 e. The second kappa shape index (κ2) is 3.49. The van der Waals surface area contributed by atoms with Crippen LogP contribution < -0.4 is 11.1 Å². The monoisotopic (exact) mass is 218 g/mol. The number of hydrogen-bond donors (Lipinski definition) is 1. The van der Waals surface area contributed by atoms with E-state index in [4.69, 9.17) is 4.42 Å². The summed E-state index contributed by atoms with van der Waals surface area (Å²) in [7, 11) is 0. The van der Waals surface area contributed by atoms with Crippen LogP contribution in [0.2, 0.25) is 0 Å². The van der Waals surface area contributed by atoms with Gasteiger partial charge in [-0.05, 0) is 37.6 Å². The zero-order valence-electron chi connectivity index (χ0n) is 9.19. The number of oxazole rings is 1. The standard InChI is InChI=1S/C12H14N2O2/c1-8-2-3-11-10(6-8)14(12(15)16-11)9-4-5-13-7-9/h2-3,6,9,13H,4-5,7H2,1H3. The molecular weight excluding hydrogens is 204 g/mol. The first-order valence-corrected chi connectivity index (χ1v) is 5.58. The Hall–Kier alpha value is -1.55. The number of aromatic nitrogens is 1. The summed E-state index contributed by atoms with van der Waals surface area (Å²) < 4.78 is 7.03. The van der Waals surface area contributed by atoms with E-state index >= 15 is 0 Å². The molecule has 3 rings (SSSR count). The molecule has 1 aliphatic rings. The Labute approximate surface area is 92.9 Å². The second-order valence-electron chi connectivity index (χ2n) is 4.36. The lowest BCUT2D eigenvalue weighted by molar-refractivity contribution is 0.459. The van der Waals surface area contributed by atoms with Crippen LogP contribution in [0, 0.1) is 6.92 Å². The molecular formula is C12H14N2O2. The highest BCUT2D eigenvalue weighted by Crippen LogP contribution is 2.21. The molecule has 2 heterocycles. The molecule has 0 aliphatic carbocycles. The predicted octanol–water partition coefficient (Wildman–Crippen LogP) is 1.44. The van der Waals surface area contributed by atoms with Crippen molar-refractivity contribution in [2.75, 3.05) is 13.1 Å². The van der Waals surface area contributed by atoms with Gasteiger partial charge in [0.15, 0.2) is 5.58 Å². The number of hydrogen-bond acceptors (Lipinski definition) is 3. The van der Waals surface area contributed by atoms with E-state index in [-0.39, 0.29) is 11.8 Å². The van der Waals surface area contributed by atoms with E-state index in [1.807, 2.05) is 25.1 Å². The second-order valence-corrected chi connectivity index (χ2v) is 4.36. The van der Waals surface area contributed by atoms with Crippen molar-refractivity contribution in [2.24, 2.45) is 0 Å². The minimum absolute atomic E-state index is 0.232. The van der Waals surface area contributed by atoms with E-state index in [1.165, 1.54) is 0 Å². The van der Waals surface area contributed by atoms with Crippen molar-refractivity contribution in [3.8, 4) is 0 Å². The molecule has 4 nitrogen and oxygen atoms in total. The normalized spacial score (nSPS) is 20.7. The molecule has 0 spiro atoms. The number of aryl methyl sites for hydroxylation is 1. The van der Waals surface area contributed by atoms with Crippen LogP contribution in [-0.4, -0.2) is 17.7 Å². The van der Waals surface area contributed by atoms with Crippen LogP contribution in [0.5, 0.6) is 0 Å². The molecule has 0 saturated carbocycles. The van der Waals surface area contributed by atoms with Gasteiger partial charge in [0.05, 0.1) is 11.6 Å². The van der Waals surface area contributed by atoms with Crippen molar-refractivity contribution < 1.29 is 4.42 Å². The molecule has 1 fully saturated rings. The molecule has 1 N–H and O–H groups in total. The van der Waals surface area contributed by atoms with Gasteiger partial charge >= 0.3 is 5.76 Å². The summed E-state index contributed by atoms with van der Waals surface area (Å²) in [6, 6.07) is 6.07. The molecule has 1 aliphatic heterocycles. The van der Waals surface area contributed by atoms with Gasteiger partial charge in [-0.2, -0.15) is 0 Å². The Bertz CT molecular complexity index is 576.